The van der Waals surface area contributed by atoms with Gasteiger partial charge in [0.25, 0.3) is 5.91 Å². The molecule has 9 heteroatoms. The minimum atomic E-state index is -0.880. The van der Waals surface area contributed by atoms with Gasteiger partial charge >= 0.3 is 5.97 Å². The monoisotopic (exact) mass is 546 g/mol. The first-order valence-electron chi connectivity index (χ1n) is 14.0. The second-order valence-corrected chi connectivity index (χ2v) is 11.5. The summed E-state index contributed by atoms with van der Waals surface area (Å²) in [5.74, 6) is -0.536. The molecular weight excluding hydrogens is 500 g/mol. The third kappa shape index (κ3) is 7.66. The Morgan fingerprint density at radius 1 is 1.21 bits per heavy atom. The van der Waals surface area contributed by atoms with Crippen molar-refractivity contribution < 1.29 is 33.7 Å². The van der Waals surface area contributed by atoms with Crippen molar-refractivity contribution in [2.24, 2.45) is 11.3 Å². The fourth-order valence-corrected chi connectivity index (χ4v) is 5.84. The number of benzene rings is 1. The molecule has 0 aromatic heterocycles. The zero-order chi connectivity index (χ0) is 28.7. The molecule has 2 aliphatic rings. The Labute approximate surface area is 233 Å². The lowest BCUT2D eigenvalue weighted by Crippen LogP contribution is -2.45. The van der Waals surface area contributed by atoms with E-state index < -0.39 is 11.9 Å². The minimum Gasteiger partial charge on any atom is -0.493 e. The van der Waals surface area contributed by atoms with E-state index in [1.165, 1.54) is 10.6 Å². The number of carboxylic acids is 1. The Kier molecular flexibility index (Phi) is 10.7. The molecule has 1 fully saturated rings. The van der Waals surface area contributed by atoms with Crippen LogP contribution in [0.2, 0.25) is 0 Å². The molecule has 0 radical (unpaired) electrons. The summed E-state index contributed by atoms with van der Waals surface area (Å²) in [6.07, 6.45) is 5.35. The second-order valence-electron chi connectivity index (χ2n) is 11.5. The first kappa shape index (κ1) is 30.8. The molecule has 0 bridgehead atoms. The van der Waals surface area contributed by atoms with Gasteiger partial charge in [0.1, 0.15) is 0 Å². The number of aliphatic carboxylic acids is 1. The van der Waals surface area contributed by atoms with E-state index in [4.69, 9.17) is 19.0 Å². The molecule has 9 nitrogen and oxygen atoms in total. The van der Waals surface area contributed by atoms with E-state index in [1.54, 1.807) is 7.11 Å². The molecule has 218 valence electrons. The van der Waals surface area contributed by atoms with Crippen molar-refractivity contribution >= 4 is 11.9 Å². The highest BCUT2D eigenvalue weighted by Crippen LogP contribution is 2.48. The van der Waals surface area contributed by atoms with Crippen LogP contribution in [0.5, 0.6) is 17.2 Å². The fraction of sp³-hybridized carbons (Fsp3) is 0.667. The summed E-state index contributed by atoms with van der Waals surface area (Å²) in [5.41, 5.74) is 1.71. The summed E-state index contributed by atoms with van der Waals surface area (Å²) >= 11 is 0. The van der Waals surface area contributed by atoms with Crippen LogP contribution in [-0.2, 0) is 14.4 Å². The van der Waals surface area contributed by atoms with E-state index in [2.05, 4.69) is 26.8 Å². The Morgan fingerprint density at radius 3 is 2.56 bits per heavy atom. The van der Waals surface area contributed by atoms with Crippen molar-refractivity contribution in [3.05, 3.63) is 29.3 Å². The Hall–Kier alpha value is -2.78. The molecule has 2 aliphatic heterocycles. The molecule has 0 aliphatic carbocycles. The van der Waals surface area contributed by atoms with E-state index in [0.717, 1.165) is 24.8 Å². The van der Waals surface area contributed by atoms with Gasteiger partial charge in [-0.1, -0.05) is 45.8 Å². The maximum Gasteiger partial charge on any atom is 0.308 e. The number of hydroxylamine groups is 2. The van der Waals surface area contributed by atoms with Gasteiger partial charge in [-0.3, -0.25) is 19.3 Å². The molecule has 1 saturated heterocycles. The number of carbonyl (C=O) groups is 2. The van der Waals surface area contributed by atoms with Crippen LogP contribution in [0.3, 0.4) is 0 Å². The van der Waals surface area contributed by atoms with Gasteiger partial charge in [0.05, 0.1) is 26.2 Å². The van der Waals surface area contributed by atoms with Crippen LogP contribution in [-0.4, -0.2) is 73.1 Å². The topological polar surface area (TPSA) is 97.8 Å². The number of likely N-dealkylation sites (tertiary alicyclic amines) is 1. The van der Waals surface area contributed by atoms with Gasteiger partial charge < -0.3 is 19.3 Å². The maximum absolute atomic E-state index is 13.5. The van der Waals surface area contributed by atoms with Gasteiger partial charge in [-0.15, -0.1) is 0 Å². The molecule has 1 aromatic rings. The summed E-state index contributed by atoms with van der Waals surface area (Å²) < 4.78 is 16.7. The molecule has 39 heavy (non-hydrogen) atoms. The zero-order valence-corrected chi connectivity index (χ0v) is 24.6. The normalized spacial score (nSPS) is 20.6. The van der Waals surface area contributed by atoms with E-state index >= 15 is 0 Å². The molecule has 3 atom stereocenters. The highest BCUT2D eigenvalue weighted by atomic mass is 16.7. The number of nitrogens with zero attached hydrogens (tertiary/aromatic N) is 2. The van der Waals surface area contributed by atoms with E-state index in [-0.39, 0.29) is 36.6 Å². The fourth-order valence-electron chi connectivity index (χ4n) is 5.84. The predicted molar refractivity (Wildman–Crippen MR) is 149 cm³/mol. The van der Waals surface area contributed by atoms with Gasteiger partial charge in [-0.05, 0) is 56.2 Å². The maximum atomic E-state index is 13.5. The second kappa shape index (κ2) is 13.5. The summed E-state index contributed by atoms with van der Waals surface area (Å²) in [7, 11) is 1.56. The molecule has 1 N–H and O–H groups in total. The number of allylic oxidation sites excluding steroid dienone is 2. The van der Waals surface area contributed by atoms with Crippen molar-refractivity contribution in [2.75, 3.05) is 40.1 Å². The van der Waals surface area contributed by atoms with Crippen LogP contribution in [0, 0.1) is 11.3 Å². The van der Waals surface area contributed by atoms with Crippen LogP contribution in [0.1, 0.15) is 78.7 Å². The molecule has 3 rings (SSSR count). The first-order chi connectivity index (χ1) is 18.5. The summed E-state index contributed by atoms with van der Waals surface area (Å²) in [5, 5.41) is 12.0. The Bertz CT molecular complexity index is 1030. The predicted octanol–water partition coefficient (Wildman–Crippen LogP) is 5.25. The number of methoxy groups -OCH3 is 1. The van der Waals surface area contributed by atoms with Gasteiger partial charge in [0.15, 0.2) is 11.5 Å². The van der Waals surface area contributed by atoms with Gasteiger partial charge in [0, 0.05) is 25.0 Å². The average Bonchev–Trinajstić information content (AvgIpc) is 3.47. The summed E-state index contributed by atoms with van der Waals surface area (Å²) in [6, 6.07) is 3.33. The molecule has 0 spiro atoms. The van der Waals surface area contributed by atoms with E-state index in [1.807, 2.05) is 37.8 Å². The largest absolute Gasteiger partial charge is 0.493 e. The molecule has 1 amide bonds. The minimum absolute atomic E-state index is 0.0883. The lowest BCUT2D eigenvalue weighted by molar-refractivity contribution is -0.188. The van der Waals surface area contributed by atoms with Gasteiger partial charge in [0.2, 0.25) is 12.5 Å². The SMILES string of the molecule is CCCCN(OCCC)C(=O)CN1CC(c2cc(OC)c3c(c2)OCO3)C(C(=O)O)C1CC(C)(C)C=C(C)C. The lowest BCUT2D eigenvalue weighted by Gasteiger charge is -2.34. The standard InChI is InChI=1S/C30H46N2O7/c1-8-10-11-32(39-12-9-2)26(33)18-31-17-22(21-13-24(36-7)28-25(14-21)37-19-38-28)27(29(34)35)23(31)16-30(5,6)15-20(3)4/h13-15,22-23,27H,8-12,16-19H2,1-7H3,(H,34,35). The summed E-state index contributed by atoms with van der Waals surface area (Å²) in [4.78, 5) is 34.3. The Balaban J connectivity index is 1.99. The average molecular weight is 547 g/mol. The summed E-state index contributed by atoms with van der Waals surface area (Å²) in [6.45, 7) is 14.0. The first-order valence-corrected chi connectivity index (χ1v) is 14.0. The number of carbonyl (C=O) groups excluding carboxylic acids is 1. The van der Waals surface area contributed by atoms with E-state index in [0.29, 0.717) is 43.4 Å². The van der Waals surface area contributed by atoms with E-state index in [9.17, 15) is 14.7 Å². The van der Waals surface area contributed by atoms with Crippen LogP contribution >= 0.6 is 0 Å². The number of unbranched alkanes of at least 4 members (excludes halogenated alkanes) is 1. The number of hydrogen-bond acceptors (Lipinski definition) is 7. The van der Waals surface area contributed by atoms with Crippen molar-refractivity contribution in [3.63, 3.8) is 0 Å². The smallest absolute Gasteiger partial charge is 0.308 e. The van der Waals surface area contributed by atoms with Crippen molar-refractivity contribution in [1.29, 1.82) is 0 Å². The lowest BCUT2D eigenvalue weighted by atomic mass is 9.77. The highest BCUT2D eigenvalue weighted by Gasteiger charge is 2.49. The number of hydrogen-bond donors (Lipinski definition) is 1. The number of fused-ring (bicyclic) bond motifs is 1. The van der Waals surface area contributed by atoms with Crippen LogP contribution in [0.15, 0.2) is 23.8 Å². The van der Waals surface area contributed by atoms with Crippen molar-refractivity contribution in [1.82, 2.24) is 9.96 Å². The molecule has 2 heterocycles. The number of amides is 1. The van der Waals surface area contributed by atoms with Crippen LogP contribution in [0.25, 0.3) is 0 Å². The van der Waals surface area contributed by atoms with Gasteiger partial charge in [-0.2, -0.15) is 0 Å². The molecular formula is C30H46N2O7. The van der Waals surface area contributed by atoms with Crippen molar-refractivity contribution in [3.8, 4) is 17.2 Å². The Morgan fingerprint density at radius 2 is 1.95 bits per heavy atom. The van der Waals surface area contributed by atoms with Crippen LogP contribution in [0.4, 0.5) is 0 Å². The molecule has 1 aromatic carbocycles. The number of ether oxygens (including phenoxy) is 3. The molecule has 3 unspecified atom stereocenters. The van der Waals surface area contributed by atoms with Crippen LogP contribution < -0.4 is 14.2 Å². The third-order valence-electron chi connectivity index (χ3n) is 7.34. The van der Waals surface area contributed by atoms with Crippen molar-refractivity contribution in [2.45, 2.75) is 79.2 Å². The zero-order valence-electron chi connectivity index (χ0n) is 24.6. The molecule has 0 saturated carbocycles. The quantitative estimate of drug-likeness (QED) is 0.250. The number of carboxylic acid groups (broad SMARTS) is 1. The third-order valence-corrected chi connectivity index (χ3v) is 7.34. The highest BCUT2D eigenvalue weighted by molar-refractivity contribution is 5.78. The van der Waals surface area contributed by atoms with Gasteiger partial charge in [-0.25, -0.2) is 5.06 Å². The number of rotatable bonds is 14.